The van der Waals surface area contributed by atoms with Crippen LogP contribution in [0.5, 0.6) is 5.75 Å². The van der Waals surface area contributed by atoms with Gasteiger partial charge in [-0.05, 0) is 36.8 Å². The van der Waals surface area contributed by atoms with E-state index in [-0.39, 0.29) is 56.3 Å². The summed E-state index contributed by atoms with van der Waals surface area (Å²) in [5.74, 6) is -3.56. The normalized spacial score (nSPS) is 32.9. The van der Waals surface area contributed by atoms with Crippen molar-refractivity contribution in [3.05, 3.63) is 57.4 Å². The Kier molecular flexibility index (Phi) is 18.0. The van der Waals surface area contributed by atoms with Gasteiger partial charge in [-0.25, -0.2) is 9.78 Å². The van der Waals surface area contributed by atoms with Crippen LogP contribution < -0.4 is 10.9 Å². The van der Waals surface area contributed by atoms with Gasteiger partial charge in [-0.2, -0.15) is 0 Å². The number of phenolic OH excluding ortho intramolecular Hbond substituents is 1. The van der Waals surface area contributed by atoms with Crippen LogP contribution in [0.3, 0.4) is 0 Å². The number of nitrogens with zero attached hydrogens (tertiary/aromatic N) is 2. The molecule has 0 spiro atoms. The molecule has 0 radical (unpaired) electrons. The lowest BCUT2D eigenvalue weighted by Crippen LogP contribution is -2.66. The van der Waals surface area contributed by atoms with Gasteiger partial charge in [0.2, 0.25) is 11.5 Å². The maximum atomic E-state index is 13.8. The summed E-state index contributed by atoms with van der Waals surface area (Å²) in [5.41, 5.74) is -0.242. The number of cyclic esters (lactones) is 1. The number of aromatic nitrogens is 2. The number of phenols is 1. The van der Waals surface area contributed by atoms with Gasteiger partial charge in [0.25, 0.3) is 5.56 Å². The van der Waals surface area contributed by atoms with Crippen molar-refractivity contribution >= 4 is 34.7 Å². The Hall–Kier alpha value is -5.42. The van der Waals surface area contributed by atoms with Gasteiger partial charge in [0.15, 0.2) is 25.2 Å². The van der Waals surface area contributed by atoms with E-state index in [1.54, 1.807) is 31.2 Å². The standard InChI is InChI=1S/C47H59N3O26/c1-2-47(23-13-25-31-20(11-19-12-21(52)3-4-24(19)49-31)15-50(25)41(63)22(23)16-70-46(47)66)76-30(55)14-48-28(53)5-6-29(54)69-10-9-68-17-26-32(56)33(57)37(61)44(71-26)73-39-27(18-67-8-7-51)72-45(38(62)35(39)59)74-40-34(58)36(60)42(64)75-43(40)65/h3-4,11-13,26-27,32-40,42-45,51-52,56-62,64-65H,2,5-10,14-18H2,1H3,(H,48,53)/t26-,27-,32?,33+,34-,35-,36-,37-,38-,39?,40?,42?,43+,44?,45?,47+/m1/s1. The van der Waals surface area contributed by atoms with E-state index in [1.807, 2.05) is 0 Å². The topological polar surface area (TPSA) is 430 Å². The molecule has 7 heterocycles. The van der Waals surface area contributed by atoms with Crippen molar-refractivity contribution in [1.82, 2.24) is 14.9 Å². The number of pyridine rings is 2. The van der Waals surface area contributed by atoms with Crippen molar-refractivity contribution in [3.63, 3.8) is 0 Å². The largest absolute Gasteiger partial charge is 0.508 e. The van der Waals surface area contributed by atoms with E-state index in [1.165, 1.54) is 10.6 Å². The average molecular weight is 1080 g/mol. The van der Waals surface area contributed by atoms with Crippen molar-refractivity contribution in [2.24, 2.45) is 0 Å². The predicted octanol–water partition coefficient (Wildman–Crippen LogP) is -5.79. The summed E-state index contributed by atoms with van der Waals surface area (Å²) in [6.45, 7) is -1.77. The van der Waals surface area contributed by atoms with E-state index < -0.39 is 166 Å². The lowest BCUT2D eigenvalue weighted by Gasteiger charge is -2.47. The monoisotopic (exact) mass is 1080 g/mol. The highest BCUT2D eigenvalue weighted by Crippen LogP contribution is 2.41. The molecule has 0 saturated carbocycles. The van der Waals surface area contributed by atoms with E-state index in [0.29, 0.717) is 27.9 Å². The maximum absolute atomic E-state index is 13.8. The van der Waals surface area contributed by atoms with Gasteiger partial charge >= 0.3 is 17.9 Å². The number of aliphatic hydroxyl groups excluding tert-OH is 10. The third-order valence-electron chi connectivity index (χ3n) is 13.5. The molecule has 3 fully saturated rings. The zero-order valence-electron chi connectivity index (χ0n) is 40.5. The minimum Gasteiger partial charge on any atom is -0.508 e. The third-order valence-corrected chi connectivity index (χ3v) is 13.5. The summed E-state index contributed by atoms with van der Waals surface area (Å²) >= 11 is 0. The Balaban J connectivity index is 0.787. The number of fused-ring (bicyclic) bond motifs is 5. The molecule has 12 N–H and O–H groups in total. The molecule has 8 rings (SSSR count). The minimum absolute atomic E-state index is 0.0420. The number of aliphatic hydroxyl groups is 10. The lowest BCUT2D eigenvalue weighted by atomic mass is 9.85. The Labute approximate surface area is 429 Å². The summed E-state index contributed by atoms with van der Waals surface area (Å²) in [5, 5.41) is 117. The van der Waals surface area contributed by atoms with Gasteiger partial charge in [-0.1, -0.05) is 6.92 Å². The van der Waals surface area contributed by atoms with Crippen molar-refractivity contribution < 1.29 is 123 Å². The van der Waals surface area contributed by atoms with Crippen LogP contribution in [0, 0.1) is 0 Å². The number of ether oxygens (including phenoxy) is 10. The Bertz CT molecular complexity index is 2660. The van der Waals surface area contributed by atoms with Crippen LogP contribution in [-0.4, -0.2) is 228 Å². The number of aromatic hydroxyl groups is 1. The number of nitrogens with one attached hydrogen (secondary N) is 1. The molecule has 5 aliphatic heterocycles. The average Bonchev–Trinajstić information content (AvgIpc) is 3.81. The summed E-state index contributed by atoms with van der Waals surface area (Å²) in [6.07, 6.45) is -28.8. The SMILES string of the molecule is CC[C@@]1(OC(=O)CNC(=O)CCC(=O)OCCOC[C@H]2OC(OC3[C@@H](COCCO)OC(OC4[C@@H](O)OC(O)[C@H](O)[C@H]4O)[C@H](O)[C@H]3O)[C@H](O)[C@@H](O)C2O)C(=O)OCc2c1cc1n(c2=O)Cc2cc3cc(O)ccc3nc2-1. The van der Waals surface area contributed by atoms with Crippen LogP contribution in [0.2, 0.25) is 0 Å². The Morgan fingerprint density at radius 1 is 0.763 bits per heavy atom. The molecule has 29 nitrogen and oxygen atoms in total. The summed E-state index contributed by atoms with van der Waals surface area (Å²) in [7, 11) is 0. The molecule has 76 heavy (non-hydrogen) atoms. The third kappa shape index (κ3) is 11.7. The fourth-order valence-corrected chi connectivity index (χ4v) is 9.36. The van der Waals surface area contributed by atoms with Crippen LogP contribution in [0.15, 0.2) is 35.1 Å². The molecular formula is C47H59N3O26. The van der Waals surface area contributed by atoms with Crippen LogP contribution in [-0.2, 0) is 85.3 Å². The molecule has 1 amide bonds. The van der Waals surface area contributed by atoms with Crippen LogP contribution in [0.25, 0.3) is 22.3 Å². The quantitative estimate of drug-likeness (QED) is 0.0223. The van der Waals surface area contributed by atoms with Gasteiger partial charge in [0.1, 0.15) is 92.7 Å². The van der Waals surface area contributed by atoms with Crippen LogP contribution >= 0.6 is 0 Å². The smallest absolute Gasteiger partial charge is 0.355 e. The number of amides is 1. The number of carbonyl (C=O) groups is 4. The molecule has 0 bridgehead atoms. The molecule has 5 aliphatic rings. The number of rotatable bonds is 20. The molecule has 29 heteroatoms. The minimum atomic E-state index is -2.05. The first-order valence-electron chi connectivity index (χ1n) is 24.1. The Morgan fingerprint density at radius 2 is 1.45 bits per heavy atom. The van der Waals surface area contributed by atoms with E-state index in [2.05, 4.69) is 5.32 Å². The van der Waals surface area contributed by atoms with Crippen LogP contribution in [0.4, 0.5) is 0 Å². The van der Waals surface area contributed by atoms with E-state index in [9.17, 15) is 80.1 Å². The fourth-order valence-electron chi connectivity index (χ4n) is 9.36. The lowest BCUT2D eigenvalue weighted by molar-refractivity contribution is -0.391. The summed E-state index contributed by atoms with van der Waals surface area (Å²) in [4.78, 5) is 70.4. The first-order valence-corrected chi connectivity index (χ1v) is 24.1. The zero-order valence-corrected chi connectivity index (χ0v) is 40.5. The number of benzene rings is 1. The molecule has 3 aromatic rings. The molecule has 418 valence electrons. The Morgan fingerprint density at radius 3 is 2.18 bits per heavy atom. The van der Waals surface area contributed by atoms with Crippen molar-refractivity contribution in [1.29, 1.82) is 0 Å². The molecule has 2 aromatic heterocycles. The highest BCUT2D eigenvalue weighted by atomic mass is 16.8. The molecule has 6 unspecified atom stereocenters. The second-order valence-electron chi connectivity index (χ2n) is 18.4. The van der Waals surface area contributed by atoms with Gasteiger partial charge in [-0.3, -0.25) is 19.2 Å². The van der Waals surface area contributed by atoms with Crippen molar-refractivity contribution in [2.45, 2.75) is 137 Å². The number of hydrogen-bond acceptors (Lipinski definition) is 27. The van der Waals surface area contributed by atoms with Gasteiger partial charge in [-0.15, -0.1) is 0 Å². The first kappa shape index (κ1) is 56.8. The maximum Gasteiger partial charge on any atom is 0.355 e. The number of carbonyl (C=O) groups excluding carboxylic acids is 4. The van der Waals surface area contributed by atoms with Gasteiger partial charge < -0.3 is 113 Å². The summed E-state index contributed by atoms with van der Waals surface area (Å²) < 4.78 is 55.7. The fraction of sp³-hybridized carbons (Fsp3) is 0.617. The molecule has 1 aromatic carbocycles. The molecule has 0 aliphatic carbocycles. The molecule has 3 saturated heterocycles. The van der Waals surface area contributed by atoms with Crippen molar-refractivity contribution in [2.75, 3.05) is 46.2 Å². The molecule has 16 atom stereocenters. The molecular weight excluding hydrogens is 1020 g/mol. The zero-order chi connectivity index (χ0) is 54.7. The highest BCUT2D eigenvalue weighted by molar-refractivity contribution is 5.90. The van der Waals surface area contributed by atoms with Gasteiger partial charge in [0.05, 0.1) is 68.5 Å². The summed E-state index contributed by atoms with van der Waals surface area (Å²) in [6, 6.07) is 8.01. The highest BCUT2D eigenvalue weighted by Gasteiger charge is 2.54. The predicted molar refractivity (Wildman–Crippen MR) is 244 cm³/mol. The van der Waals surface area contributed by atoms with E-state index in [0.717, 1.165) is 0 Å². The second kappa shape index (κ2) is 24.1. The van der Waals surface area contributed by atoms with E-state index >= 15 is 0 Å². The number of esters is 3. The first-order chi connectivity index (χ1) is 36.3. The van der Waals surface area contributed by atoms with E-state index in [4.69, 9.17) is 52.4 Å². The van der Waals surface area contributed by atoms with Crippen LogP contribution in [0.1, 0.15) is 42.9 Å². The van der Waals surface area contributed by atoms with Crippen molar-refractivity contribution in [3.8, 4) is 17.1 Å². The number of hydrogen-bond donors (Lipinski definition) is 12. The van der Waals surface area contributed by atoms with Gasteiger partial charge in [0, 0.05) is 22.9 Å². The second-order valence-corrected chi connectivity index (χ2v) is 18.4.